The molecule has 0 spiro atoms. The van der Waals surface area contributed by atoms with Crippen LogP contribution in [0.15, 0.2) is 56.2 Å². The molecule has 5 rings (SSSR count). The number of nitrogens with one attached hydrogen (secondary N) is 2. The summed E-state index contributed by atoms with van der Waals surface area (Å²) in [4.78, 5) is 61.8. The van der Waals surface area contributed by atoms with Crippen LogP contribution in [0.3, 0.4) is 0 Å². The van der Waals surface area contributed by atoms with Crippen LogP contribution in [0.1, 0.15) is 35.7 Å². The van der Waals surface area contributed by atoms with Crippen LogP contribution in [-0.4, -0.2) is 106 Å². The standard InChI is InChI=1S/C30H36Br2N8O4/c1-37-11-13-38(14-12-37)18-26(42)34-24(17-25(41)20-15-22(31)27(33)23(32)16-20)29(43)39-9-7-21(8-10-39)40-30(44)35-28(36-40)19-5-3-2-4-6-19/h2-6,15-16,21,24H,7-14,17-18,33H2,1H3,(H,34,42)(H,35,36,44)/t24-/m0/s1. The smallest absolute Gasteiger partial charge is 0.343 e. The number of hydrogen-bond acceptors (Lipinski definition) is 8. The zero-order valence-electron chi connectivity index (χ0n) is 24.5. The van der Waals surface area contributed by atoms with Crippen LogP contribution in [0.2, 0.25) is 0 Å². The van der Waals surface area contributed by atoms with Crippen LogP contribution in [0.5, 0.6) is 0 Å². The third-order valence-corrected chi connectivity index (χ3v) is 9.51. The van der Waals surface area contributed by atoms with E-state index in [-0.39, 0.29) is 42.3 Å². The molecule has 2 aromatic carbocycles. The third kappa shape index (κ3) is 7.65. The van der Waals surface area contributed by atoms with Gasteiger partial charge in [-0.2, -0.15) is 0 Å². The van der Waals surface area contributed by atoms with Crippen LogP contribution in [0.4, 0.5) is 5.69 Å². The summed E-state index contributed by atoms with van der Waals surface area (Å²) in [6.07, 6.45) is 0.826. The van der Waals surface area contributed by atoms with Crippen LogP contribution in [0, 0.1) is 0 Å². The molecule has 12 nitrogen and oxygen atoms in total. The maximum Gasteiger partial charge on any atom is 0.343 e. The molecule has 14 heteroatoms. The number of H-pyrrole nitrogens is 1. The molecule has 0 radical (unpaired) electrons. The number of rotatable bonds is 9. The topological polar surface area (TPSA) is 150 Å². The number of carbonyl (C=O) groups excluding carboxylic acids is 3. The van der Waals surface area contributed by atoms with Crippen molar-refractivity contribution < 1.29 is 14.4 Å². The number of piperazine rings is 1. The predicted molar refractivity (Wildman–Crippen MR) is 174 cm³/mol. The number of nitrogens with two attached hydrogens (primary N) is 1. The number of Topliss-reactive ketones (excluding diaryl/α,β-unsaturated/α-hetero) is 1. The number of benzene rings is 2. The molecule has 0 unspecified atom stereocenters. The zero-order valence-corrected chi connectivity index (χ0v) is 27.6. The molecule has 234 valence electrons. The summed E-state index contributed by atoms with van der Waals surface area (Å²) in [6, 6.07) is 11.4. The summed E-state index contributed by atoms with van der Waals surface area (Å²) in [5, 5.41) is 7.38. The van der Waals surface area contributed by atoms with E-state index in [9.17, 15) is 19.2 Å². The average Bonchev–Trinajstić information content (AvgIpc) is 3.42. The number of aromatic nitrogens is 3. The predicted octanol–water partition coefficient (Wildman–Crippen LogP) is 2.51. The van der Waals surface area contributed by atoms with E-state index in [1.165, 1.54) is 4.68 Å². The van der Waals surface area contributed by atoms with E-state index in [1.54, 1.807) is 17.0 Å². The van der Waals surface area contributed by atoms with Gasteiger partial charge in [0.1, 0.15) is 6.04 Å². The highest BCUT2D eigenvalue weighted by atomic mass is 79.9. The molecule has 1 atom stereocenters. The number of anilines is 1. The van der Waals surface area contributed by atoms with Crippen molar-refractivity contribution in [3.05, 3.63) is 67.5 Å². The second-order valence-corrected chi connectivity index (χ2v) is 13.0. The number of likely N-dealkylation sites (N-methyl/N-ethyl adjacent to an activating group) is 1. The Labute approximate surface area is 272 Å². The molecule has 1 aromatic heterocycles. The van der Waals surface area contributed by atoms with Gasteiger partial charge in [0, 0.05) is 65.8 Å². The van der Waals surface area contributed by atoms with E-state index in [2.05, 4.69) is 52.2 Å². The second kappa shape index (κ2) is 14.2. The first kappa shape index (κ1) is 32.1. The van der Waals surface area contributed by atoms with Gasteiger partial charge in [0.25, 0.3) is 0 Å². The lowest BCUT2D eigenvalue weighted by atomic mass is 10.00. The largest absolute Gasteiger partial charge is 0.397 e. The van der Waals surface area contributed by atoms with Gasteiger partial charge in [-0.1, -0.05) is 30.3 Å². The summed E-state index contributed by atoms with van der Waals surface area (Å²) in [5.74, 6) is -0.420. The van der Waals surface area contributed by atoms with Crippen molar-refractivity contribution in [2.24, 2.45) is 0 Å². The minimum Gasteiger partial charge on any atom is -0.397 e. The highest BCUT2D eigenvalue weighted by Gasteiger charge is 2.33. The van der Waals surface area contributed by atoms with E-state index in [4.69, 9.17) is 5.73 Å². The van der Waals surface area contributed by atoms with Gasteiger partial charge in [-0.05, 0) is 63.9 Å². The van der Waals surface area contributed by atoms with Crippen LogP contribution in [0.25, 0.3) is 11.4 Å². The SMILES string of the molecule is CN1CCN(CC(=O)N[C@@H](CC(=O)c2cc(Br)c(N)c(Br)c2)C(=O)N2CCC(n3nc(-c4ccccc4)[nH]c3=O)CC2)CC1. The van der Waals surface area contributed by atoms with Crippen LogP contribution in [-0.2, 0) is 9.59 Å². The molecular weight excluding hydrogens is 696 g/mol. The molecule has 0 aliphatic carbocycles. The third-order valence-electron chi connectivity index (χ3n) is 8.20. The number of amides is 2. The number of nitrogen functional groups attached to an aromatic ring is 1. The molecule has 2 amide bonds. The zero-order chi connectivity index (χ0) is 31.4. The Morgan fingerprint density at radius 1 is 1.02 bits per heavy atom. The van der Waals surface area contributed by atoms with E-state index < -0.39 is 6.04 Å². The lowest BCUT2D eigenvalue weighted by Crippen LogP contribution is -2.54. The molecule has 3 heterocycles. The number of piperidine rings is 1. The maximum atomic E-state index is 13.8. The first-order chi connectivity index (χ1) is 21.1. The van der Waals surface area contributed by atoms with Gasteiger partial charge in [-0.25, -0.2) is 9.48 Å². The van der Waals surface area contributed by atoms with Crippen molar-refractivity contribution in [1.29, 1.82) is 0 Å². The lowest BCUT2D eigenvalue weighted by molar-refractivity contribution is -0.137. The Morgan fingerprint density at radius 2 is 1.66 bits per heavy atom. The van der Waals surface area contributed by atoms with E-state index >= 15 is 0 Å². The van der Waals surface area contributed by atoms with E-state index in [1.807, 2.05) is 42.3 Å². The lowest BCUT2D eigenvalue weighted by Gasteiger charge is -2.35. The minimum atomic E-state index is -1.04. The van der Waals surface area contributed by atoms with Gasteiger partial charge in [-0.15, -0.1) is 5.10 Å². The van der Waals surface area contributed by atoms with Crippen molar-refractivity contribution in [2.75, 3.05) is 58.6 Å². The molecule has 4 N–H and O–H groups in total. The molecule has 44 heavy (non-hydrogen) atoms. The number of nitrogens with zero attached hydrogens (tertiary/aromatic N) is 5. The van der Waals surface area contributed by atoms with Crippen LogP contribution < -0.4 is 16.7 Å². The first-order valence-corrected chi connectivity index (χ1v) is 16.2. The molecule has 2 aliphatic heterocycles. The molecule has 2 aliphatic rings. The normalized spacial score (nSPS) is 17.4. The number of halogens is 2. The van der Waals surface area contributed by atoms with Gasteiger partial charge in [-0.3, -0.25) is 24.3 Å². The Balaban J connectivity index is 1.27. The van der Waals surface area contributed by atoms with Gasteiger partial charge < -0.3 is 20.9 Å². The Bertz CT molecular complexity index is 1540. The molecule has 3 aromatic rings. The second-order valence-electron chi connectivity index (χ2n) is 11.3. The summed E-state index contributed by atoms with van der Waals surface area (Å²) < 4.78 is 2.58. The molecule has 2 saturated heterocycles. The Kier molecular flexibility index (Phi) is 10.3. The Hall–Kier alpha value is -3.33. The fourth-order valence-electron chi connectivity index (χ4n) is 5.56. The van der Waals surface area contributed by atoms with E-state index in [0.29, 0.717) is 52.0 Å². The van der Waals surface area contributed by atoms with Gasteiger partial charge in [0.05, 0.1) is 18.3 Å². The van der Waals surface area contributed by atoms with Crippen LogP contribution >= 0.6 is 31.9 Å². The maximum absolute atomic E-state index is 13.8. The summed E-state index contributed by atoms with van der Waals surface area (Å²) in [7, 11) is 2.04. The fourth-order valence-corrected chi connectivity index (χ4v) is 6.75. The molecule has 2 fully saturated rings. The van der Waals surface area contributed by atoms with Gasteiger partial charge >= 0.3 is 5.69 Å². The highest BCUT2D eigenvalue weighted by Crippen LogP contribution is 2.30. The molecule has 0 saturated carbocycles. The first-order valence-electron chi connectivity index (χ1n) is 14.6. The number of carbonyl (C=O) groups is 3. The monoisotopic (exact) mass is 730 g/mol. The van der Waals surface area contributed by atoms with E-state index in [0.717, 1.165) is 31.7 Å². The van der Waals surface area contributed by atoms with Crippen molar-refractivity contribution in [1.82, 2.24) is 34.8 Å². The Morgan fingerprint density at radius 3 is 2.30 bits per heavy atom. The number of ketones is 1. The van der Waals surface area contributed by atoms with Gasteiger partial charge in [0.15, 0.2) is 11.6 Å². The van der Waals surface area contributed by atoms with Gasteiger partial charge in [0.2, 0.25) is 11.8 Å². The molecular formula is C30H36Br2N8O4. The number of aromatic amines is 1. The van der Waals surface area contributed by atoms with Crippen molar-refractivity contribution in [3.63, 3.8) is 0 Å². The van der Waals surface area contributed by atoms with Crippen molar-refractivity contribution in [2.45, 2.75) is 31.3 Å². The van der Waals surface area contributed by atoms with Crippen molar-refractivity contribution >= 4 is 55.1 Å². The summed E-state index contributed by atoms with van der Waals surface area (Å²) in [5.41, 5.74) is 7.35. The molecule has 0 bridgehead atoms. The number of likely N-dealkylation sites (tertiary alicyclic amines) is 1. The summed E-state index contributed by atoms with van der Waals surface area (Å²) in [6.45, 7) is 4.09. The quantitative estimate of drug-likeness (QED) is 0.225. The summed E-state index contributed by atoms with van der Waals surface area (Å²) >= 11 is 6.75. The average molecular weight is 732 g/mol. The highest BCUT2D eigenvalue weighted by molar-refractivity contribution is 9.11. The number of hydrogen-bond donors (Lipinski definition) is 3. The van der Waals surface area contributed by atoms with Crippen molar-refractivity contribution in [3.8, 4) is 11.4 Å². The fraction of sp³-hybridized carbons (Fsp3) is 0.433. The minimum absolute atomic E-state index is 0.151.